The fraction of sp³-hybridized carbons (Fsp3) is 0.357. The van der Waals surface area contributed by atoms with Crippen LogP contribution in [0.1, 0.15) is 20.8 Å². The minimum atomic E-state index is -0.119. The van der Waals surface area contributed by atoms with Crippen LogP contribution in [0.3, 0.4) is 0 Å². The Bertz CT molecular complexity index is 551. The van der Waals surface area contributed by atoms with Crippen LogP contribution in [-0.2, 0) is 0 Å². The molecule has 1 heterocycles. The van der Waals surface area contributed by atoms with E-state index in [0.29, 0.717) is 12.0 Å². The molecule has 0 aliphatic heterocycles. The lowest BCUT2D eigenvalue weighted by atomic mass is 10.1. The van der Waals surface area contributed by atoms with Gasteiger partial charge in [-0.25, -0.2) is 4.79 Å². The zero-order valence-corrected chi connectivity index (χ0v) is 11.0. The molecule has 0 saturated carbocycles. The zero-order chi connectivity index (χ0) is 13.1. The Hall–Kier alpha value is -1.97. The first kappa shape index (κ1) is 12.5. The highest BCUT2D eigenvalue weighted by molar-refractivity contribution is 5.49. The lowest BCUT2D eigenvalue weighted by molar-refractivity contribution is 0.560. The molecule has 2 aromatic rings. The topological polar surface area (TPSA) is 49.8 Å². The van der Waals surface area contributed by atoms with Crippen LogP contribution >= 0.6 is 0 Å². The molecular formula is C14H19N3O. The second-order valence-electron chi connectivity index (χ2n) is 4.86. The van der Waals surface area contributed by atoms with E-state index >= 15 is 0 Å². The zero-order valence-electron chi connectivity index (χ0n) is 11.0. The maximum atomic E-state index is 11.5. The molecule has 1 unspecified atom stereocenters. The molecule has 2 rings (SSSR count). The minimum absolute atomic E-state index is 0.119. The highest BCUT2D eigenvalue weighted by atomic mass is 16.1. The van der Waals surface area contributed by atoms with Crippen molar-refractivity contribution in [2.75, 3.05) is 5.32 Å². The van der Waals surface area contributed by atoms with Crippen molar-refractivity contribution in [3.63, 3.8) is 0 Å². The molecule has 4 heteroatoms. The summed E-state index contributed by atoms with van der Waals surface area (Å²) < 4.78 is 1.58. The fourth-order valence-electron chi connectivity index (χ4n) is 1.67. The average molecular weight is 245 g/mol. The van der Waals surface area contributed by atoms with E-state index in [9.17, 15) is 4.79 Å². The molecule has 1 atom stereocenters. The number of imidazole rings is 1. The number of aromatic amines is 1. The molecule has 0 fully saturated rings. The molecule has 2 N–H and O–H groups in total. The molecule has 18 heavy (non-hydrogen) atoms. The first-order chi connectivity index (χ1) is 8.58. The van der Waals surface area contributed by atoms with Crippen molar-refractivity contribution in [3.8, 4) is 5.69 Å². The van der Waals surface area contributed by atoms with E-state index in [0.717, 1.165) is 11.4 Å². The van der Waals surface area contributed by atoms with Gasteiger partial charge in [0, 0.05) is 24.1 Å². The second-order valence-corrected chi connectivity index (χ2v) is 4.86. The van der Waals surface area contributed by atoms with E-state index in [1.54, 1.807) is 17.0 Å². The smallest absolute Gasteiger partial charge is 0.330 e. The summed E-state index contributed by atoms with van der Waals surface area (Å²) >= 11 is 0. The molecule has 0 spiro atoms. The van der Waals surface area contributed by atoms with Gasteiger partial charge < -0.3 is 10.3 Å². The van der Waals surface area contributed by atoms with Crippen LogP contribution in [0.4, 0.5) is 5.69 Å². The first-order valence-corrected chi connectivity index (χ1v) is 6.21. The van der Waals surface area contributed by atoms with Crippen molar-refractivity contribution in [1.82, 2.24) is 9.55 Å². The Kier molecular flexibility index (Phi) is 3.55. The molecule has 1 aromatic heterocycles. The highest BCUT2D eigenvalue weighted by Crippen LogP contribution is 2.15. The molecule has 1 aromatic carbocycles. The van der Waals surface area contributed by atoms with Gasteiger partial charge in [-0.2, -0.15) is 0 Å². The quantitative estimate of drug-likeness (QED) is 0.870. The molecule has 0 amide bonds. The molecule has 0 aliphatic carbocycles. The number of benzene rings is 1. The summed E-state index contributed by atoms with van der Waals surface area (Å²) in [7, 11) is 0. The number of anilines is 1. The maximum Gasteiger partial charge on any atom is 0.330 e. The van der Waals surface area contributed by atoms with Crippen LogP contribution in [0.15, 0.2) is 41.5 Å². The van der Waals surface area contributed by atoms with E-state index in [-0.39, 0.29) is 5.69 Å². The van der Waals surface area contributed by atoms with E-state index in [4.69, 9.17) is 0 Å². The number of nitrogens with zero attached hydrogens (tertiary/aromatic N) is 1. The van der Waals surface area contributed by atoms with Gasteiger partial charge >= 0.3 is 5.69 Å². The Morgan fingerprint density at radius 2 is 1.83 bits per heavy atom. The van der Waals surface area contributed by atoms with E-state index < -0.39 is 0 Å². The average Bonchev–Trinajstić information content (AvgIpc) is 2.76. The predicted molar refractivity (Wildman–Crippen MR) is 74.3 cm³/mol. The Labute approximate surface area is 107 Å². The lowest BCUT2D eigenvalue weighted by Gasteiger charge is -2.18. The number of aromatic nitrogens is 2. The van der Waals surface area contributed by atoms with Gasteiger partial charge in [-0.1, -0.05) is 13.8 Å². The van der Waals surface area contributed by atoms with Gasteiger partial charge in [-0.3, -0.25) is 4.57 Å². The van der Waals surface area contributed by atoms with Gasteiger partial charge in [-0.05, 0) is 37.1 Å². The van der Waals surface area contributed by atoms with Gasteiger partial charge in [0.1, 0.15) is 0 Å². The van der Waals surface area contributed by atoms with Crippen LogP contribution < -0.4 is 11.0 Å². The first-order valence-electron chi connectivity index (χ1n) is 6.21. The van der Waals surface area contributed by atoms with Crippen LogP contribution in [0, 0.1) is 5.92 Å². The van der Waals surface area contributed by atoms with E-state index in [2.05, 4.69) is 31.1 Å². The molecule has 4 nitrogen and oxygen atoms in total. The number of nitrogens with one attached hydrogen (secondary N) is 2. The number of rotatable bonds is 4. The predicted octanol–water partition coefficient (Wildman–Crippen LogP) is 2.62. The standard InChI is InChI=1S/C14H19N3O/c1-10(2)11(3)16-12-4-6-13(7-5-12)17-9-8-15-14(17)18/h4-11,16H,1-3H3,(H,15,18). The van der Waals surface area contributed by atoms with Crippen LogP contribution in [-0.4, -0.2) is 15.6 Å². The molecule has 0 aliphatic rings. The third-order valence-electron chi connectivity index (χ3n) is 3.19. The molecular weight excluding hydrogens is 226 g/mol. The van der Waals surface area contributed by atoms with Gasteiger partial charge in [0.25, 0.3) is 0 Å². The van der Waals surface area contributed by atoms with Crippen molar-refractivity contribution in [2.24, 2.45) is 5.92 Å². The Balaban J connectivity index is 2.16. The number of H-pyrrole nitrogens is 1. The molecule has 0 saturated heterocycles. The Morgan fingerprint density at radius 1 is 1.17 bits per heavy atom. The molecule has 96 valence electrons. The van der Waals surface area contributed by atoms with E-state index in [1.165, 1.54) is 0 Å². The monoisotopic (exact) mass is 245 g/mol. The molecule has 0 bridgehead atoms. The third-order valence-corrected chi connectivity index (χ3v) is 3.19. The summed E-state index contributed by atoms with van der Waals surface area (Å²) in [5.41, 5.74) is 1.82. The van der Waals surface area contributed by atoms with E-state index in [1.807, 2.05) is 24.3 Å². The van der Waals surface area contributed by atoms with Crippen LogP contribution in [0.5, 0.6) is 0 Å². The summed E-state index contributed by atoms with van der Waals surface area (Å²) in [5, 5.41) is 3.43. The largest absolute Gasteiger partial charge is 0.382 e. The summed E-state index contributed by atoms with van der Waals surface area (Å²) in [6.07, 6.45) is 3.36. The van der Waals surface area contributed by atoms with Crippen LogP contribution in [0.2, 0.25) is 0 Å². The SMILES string of the molecule is CC(C)C(C)Nc1ccc(-n2cc[nH]c2=O)cc1. The summed E-state index contributed by atoms with van der Waals surface area (Å²) in [5.74, 6) is 0.581. The van der Waals surface area contributed by atoms with Crippen LogP contribution in [0.25, 0.3) is 5.69 Å². The normalized spacial score (nSPS) is 12.7. The van der Waals surface area contributed by atoms with Crippen molar-refractivity contribution in [3.05, 3.63) is 47.1 Å². The van der Waals surface area contributed by atoms with Gasteiger partial charge in [0.2, 0.25) is 0 Å². The molecule has 0 radical (unpaired) electrons. The van der Waals surface area contributed by atoms with Crippen molar-refractivity contribution >= 4 is 5.69 Å². The highest BCUT2D eigenvalue weighted by Gasteiger charge is 2.06. The summed E-state index contributed by atoms with van der Waals surface area (Å²) in [6.45, 7) is 6.53. The van der Waals surface area contributed by atoms with Gasteiger partial charge in [0.15, 0.2) is 0 Å². The summed E-state index contributed by atoms with van der Waals surface area (Å²) in [4.78, 5) is 14.1. The lowest BCUT2D eigenvalue weighted by Crippen LogP contribution is -2.21. The fourth-order valence-corrected chi connectivity index (χ4v) is 1.67. The summed E-state index contributed by atoms with van der Waals surface area (Å²) in [6, 6.07) is 8.28. The third kappa shape index (κ3) is 2.64. The van der Waals surface area contributed by atoms with Gasteiger partial charge in [-0.15, -0.1) is 0 Å². The Morgan fingerprint density at radius 3 is 2.33 bits per heavy atom. The van der Waals surface area contributed by atoms with Crippen molar-refractivity contribution in [1.29, 1.82) is 0 Å². The van der Waals surface area contributed by atoms with Crippen molar-refractivity contribution < 1.29 is 0 Å². The minimum Gasteiger partial charge on any atom is -0.382 e. The van der Waals surface area contributed by atoms with Crippen molar-refractivity contribution in [2.45, 2.75) is 26.8 Å². The van der Waals surface area contributed by atoms with Gasteiger partial charge in [0.05, 0.1) is 5.69 Å². The second kappa shape index (κ2) is 5.12. The maximum absolute atomic E-state index is 11.5. The number of hydrogen-bond acceptors (Lipinski definition) is 2. The number of hydrogen-bond donors (Lipinski definition) is 2.